The second-order valence-electron chi connectivity index (χ2n) is 7.97. The number of anilines is 1. The number of amides is 2. The van der Waals surface area contributed by atoms with Gasteiger partial charge in [-0.3, -0.25) is 9.59 Å². The molecule has 32 heavy (non-hydrogen) atoms. The highest BCUT2D eigenvalue weighted by Gasteiger charge is 2.41. The molecular weight excluding hydrogens is 436 g/mol. The van der Waals surface area contributed by atoms with Gasteiger partial charge in [0.15, 0.2) is 0 Å². The lowest BCUT2D eigenvalue weighted by atomic mass is 9.91. The van der Waals surface area contributed by atoms with Gasteiger partial charge in [-0.2, -0.15) is 0 Å². The third-order valence-corrected chi connectivity index (χ3v) is 6.10. The number of nitrogens with one attached hydrogen (secondary N) is 2. The van der Waals surface area contributed by atoms with Gasteiger partial charge in [0.05, 0.1) is 35.2 Å². The minimum Gasteiger partial charge on any atom is -0.464 e. The molecule has 0 spiro atoms. The first-order chi connectivity index (χ1) is 15.2. The SMILES string of the molecule is CC[C@@H](NC1=C(Nc2ccc(Cl)c3c2C(=O)N(CC(N)=O)C3)[C@@H](O)[C@@H]1O)c1ccc(C)o1. The zero-order chi connectivity index (χ0) is 23.2. The number of furan rings is 1. The van der Waals surface area contributed by atoms with Gasteiger partial charge in [0, 0.05) is 17.1 Å². The first-order valence-electron chi connectivity index (χ1n) is 10.3. The summed E-state index contributed by atoms with van der Waals surface area (Å²) in [6.45, 7) is 3.77. The summed E-state index contributed by atoms with van der Waals surface area (Å²) < 4.78 is 5.70. The Balaban J connectivity index is 1.64. The first-order valence-corrected chi connectivity index (χ1v) is 10.7. The predicted molar refractivity (Wildman–Crippen MR) is 118 cm³/mol. The zero-order valence-electron chi connectivity index (χ0n) is 17.7. The minimum absolute atomic E-state index is 0.163. The second-order valence-corrected chi connectivity index (χ2v) is 8.38. The van der Waals surface area contributed by atoms with Crippen molar-refractivity contribution in [3.63, 3.8) is 0 Å². The topological polar surface area (TPSA) is 141 Å². The molecule has 0 saturated heterocycles. The number of aryl methyl sites for hydroxylation is 1. The molecule has 2 amide bonds. The number of nitrogens with two attached hydrogens (primary N) is 1. The van der Waals surface area contributed by atoms with Crippen molar-refractivity contribution in [2.45, 2.75) is 45.1 Å². The Bertz CT molecular complexity index is 1110. The van der Waals surface area contributed by atoms with Crippen molar-refractivity contribution in [2.24, 2.45) is 5.73 Å². The Kier molecular flexibility index (Phi) is 5.89. The third-order valence-electron chi connectivity index (χ3n) is 5.75. The molecule has 0 radical (unpaired) electrons. The van der Waals surface area contributed by atoms with E-state index in [0.717, 1.165) is 11.5 Å². The highest BCUT2D eigenvalue weighted by Crippen LogP contribution is 2.38. The molecule has 3 atom stereocenters. The van der Waals surface area contributed by atoms with E-state index in [1.807, 2.05) is 26.0 Å². The molecule has 1 aliphatic carbocycles. The number of rotatable bonds is 8. The van der Waals surface area contributed by atoms with Crippen LogP contribution in [-0.2, 0) is 11.3 Å². The zero-order valence-corrected chi connectivity index (χ0v) is 18.4. The molecule has 170 valence electrons. The van der Waals surface area contributed by atoms with Crippen LogP contribution in [0, 0.1) is 6.92 Å². The Labute approximate surface area is 189 Å². The van der Waals surface area contributed by atoms with E-state index in [1.165, 1.54) is 4.90 Å². The maximum atomic E-state index is 12.9. The molecule has 4 rings (SSSR count). The number of nitrogens with zero attached hydrogens (tertiary/aromatic N) is 1. The molecule has 0 bridgehead atoms. The number of hydrogen-bond acceptors (Lipinski definition) is 7. The number of carbonyl (C=O) groups excluding carboxylic acids is 2. The second kappa shape index (κ2) is 8.50. The third kappa shape index (κ3) is 3.83. The molecule has 1 aromatic carbocycles. The van der Waals surface area contributed by atoms with E-state index in [2.05, 4.69) is 10.6 Å². The summed E-state index contributed by atoms with van der Waals surface area (Å²) in [6, 6.07) is 6.78. The fraction of sp³-hybridized carbons (Fsp3) is 0.364. The number of aliphatic hydroxyl groups is 2. The number of aliphatic hydroxyl groups excluding tert-OH is 2. The minimum atomic E-state index is -1.15. The summed E-state index contributed by atoms with van der Waals surface area (Å²) in [4.78, 5) is 25.5. The average Bonchev–Trinajstić information content (AvgIpc) is 3.32. The fourth-order valence-electron chi connectivity index (χ4n) is 4.05. The molecule has 0 saturated carbocycles. The van der Waals surface area contributed by atoms with Crippen molar-refractivity contribution >= 4 is 29.1 Å². The smallest absolute Gasteiger partial charge is 0.257 e. The number of halogens is 1. The van der Waals surface area contributed by atoms with Gasteiger partial charge in [0.1, 0.15) is 23.7 Å². The summed E-state index contributed by atoms with van der Waals surface area (Å²) in [6.07, 6.45) is -1.58. The number of primary amides is 1. The molecule has 9 nitrogen and oxygen atoms in total. The van der Waals surface area contributed by atoms with Gasteiger partial charge in [-0.05, 0) is 37.6 Å². The van der Waals surface area contributed by atoms with Crippen LogP contribution in [0.2, 0.25) is 5.02 Å². The van der Waals surface area contributed by atoms with Crippen LogP contribution in [0.1, 0.15) is 46.8 Å². The molecular formula is C22H25ClN4O5. The number of benzene rings is 1. The van der Waals surface area contributed by atoms with Crippen molar-refractivity contribution < 1.29 is 24.2 Å². The Hall–Kier alpha value is -3.01. The van der Waals surface area contributed by atoms with E-state index >= 15 is 0 Å². The molecule has 1 aliphatic heterocycles. The number of hydrogen-bond donors (Lipinski definition) is 5. The molecule has 1 aromatic heterocycles. The van der Waals surface area contributed by atoms with Crippen LogP contribution in [0.15, 0.2) is 40.1 Å². The standard InChI is InChI=1S/C22H25ClN4O5/c1-3-13(15-7-4-10(2)32-15)25-18-19(21(30)20(18)29)26-14-6-5-12(23)11-8-27(9-16(24)28)22(31)17(11)14/h4-7,13,20-21,25-26,29-30H,3,8-9H2,1-2H3,(H2,24,28)/t13-,20-,21-/m1/s1. The molecule has 10 heteroatoms. The highest BCUT2D eigenvalue weighted by molar-refractivity contribution is 6.32. The van der Waals surface area contributed by atoms with Gasteiger partial charge in [-0.1, -0.05) is 18.5 Å². The van der Waals surface area contributed by atoms with E-state index in [0.29, 0.717) is 39.7 Å². The largest absolute Gasteiger partial charge is 0.464 e. The summed E-state index contributed by atoms with van der Waals surface area (Å²) >= 11 is 6.28. The van der Waals surface area contributed by atoms with Crippen LogP contribution in [0.25, 0.3) is 0 Å². The van der Waals surface area contributed by atoms with E-state index in [-0.39, 0.29) is 25.0 Å². The summed E-state index contributed by atoms with van der Waals surface area (Å²) in [5.41, 5.74) is 7.33. The van der Waals surface area contributed by atoms with E-state index in [1.54, 1.807) is 12.1 Å². The van der Waals surface area contributed by atoms with E-state index in [9.17, 15) is 19.8 Å². The molecule has 0 unspecified atom stereocenters. The molecule has 6 N–H and O–H groups in total. The van der Waals surface area contributed by atoms with Crippen molar-refractivity contribution in [1.82, 2.24) is 10.2 Å². The van der Waals surface area contributed by atoms with Crippen molar-refractivity contribution in [3.05, 3.63) is 63.3 Å². The average molecular weight is 461 g/mol. The number of fused-ring (bicyclic) bond motifs is 1. The van der Waals surface area contributed by atoms with E-state index < -0.39 is 18.1 Å². The molecule has 2 aromatic rings. The number of carbonyl (C=O) groups is 2. The highest BCUT2D eigenvalue weighted by atomic mass is 35.5. The van der Waals surface area contributed by atoms with Gasteiger partial charge in [-0.15, -0.1) is 0 Å². The van der Waals surface area contributed by atoms with Crippen LogP contribution < -0.4 is 16.4 Å². The quantitative estimate of drug-likeness (QED) is 0.404. The van der Waals surface area contributed by atoms with E-state index in [4.69, 9.17) is 21.8 Å². The van der Waals surface area contributed by atoms with Crippen molar-refractivity contribution in [1.29, 1.82) is 0 Å². The lowest BCUT2D eigenvalue weighted by Crippen LogP contribution is -2.49. The normalized spacial score (nSPS) is 20.8. The molecule has 2 aliphatic rings. The first kappa shape index (κ1) is 22.2. The predicted octanol–water partition coefficient (Wildman–Crippen LogP) is 1.78. The Morgan fingerprint density at radius 3 is 2.62 bits per heavy atom. The van der Waals surface area contributed by atoms with Crippen LogP contribution in [0.4, 0.5) is 5.69 Å². The van der Waals surface area contributed by atoms with Gasteiger partial charge >= 0.3 is 0 Å². The van der Waals surface area contributed by atoms with Crippen LogP contribution in [0.3, 0.4) is 0 Å². The van der Waals surface area contributed by atoms with Gasteiger partial charge in [0.25, 0.3) is 5.91 Å². The molecule has 2 heterocycles. The lowest BCUT2D eigenvalue weighted by Gasteiger charge is -2.38. The summed E-state index contributed by atoms with van der Waals surface area (Å²) in [5.74, 6) is 0.487. The van der Waals surface area contributed by atoms with Crippen LogP contribution in [-0.4, -0.2) is 45.7 Å². The van der Waals surface area contributed by atoms with Crippen molar-refractivity contribution in [2.75, 3.05) is 11.9 Å². The Morgan fingerprint density at radius 2 is 2.00 bits per heavy atom. The summed E-state index contributed by atoms with van der Waals surface area (Å²) in [7, 11) is 0. The summed E-state index contributed by atoms with van der Waals surface area (Å²) in [5, 5.41) is 27.5. The maximum Gasteiger partial charge on any atom is 0.257 e. The lowest BCUT2D eigenvalue weighted by molar-refractivity contribution is -0.118. The fourth-order valence-corrected chi connectivity index (χ4v) is 4.27. The monoisotopic (exact) mass is 460 g/mol. The van der Waals surface area contributed by atoms with Gasteiger partial charge < -0.3 is 35.9 Å². The maximum absolute atomic E-state index is 12.9. The van der Waals surface area contributed by atoms with Crippen molar-refractivity contribution in [3.8, 4) is 0 Å². The van der Waals surface area contributed by atoms with Crippen LogP contribution in [0.5, 0.6) is 0 Å². The van der Waals surface area contributed by atoms with Gasteiger partial charge in [-0.25, -0.2) is 0 Å². The van der Waals surface area contributed by atoms with Crippen LogP contribution >= 0.6 is 11.6 Å². The molecule has 0 fully saturated rings. The van der Waals surface area contributed by atoms with Gasteiger partial charge in [0.2, 0.25) is 5.91 Å². The Morgan fingerprint density at radius 1 is 1.28 bits per heavy atom.